The molecule has 0 aliphatic rings. The minimum absolute atomic E-state index is 0. The van der Waals surface area contributed by atoms with E-state index >= 15 is 0 Å². The Bertz CT molecular complexity index is 390. The van der Waals surface area contributed by atoms with Crippen molar-refractivity contribution < 1.29 is 4.39 Å². The topological polar surface area (TPSA) is 36.4 Å². The van der Waals surface area contributed by atoms with Crippen molar-refractivity contribution in [1.82, 2.24) is 10.6 Å². The van der Waals surface area contributed by atoms with Crippen molar-refractivity contribution in [2.24, 2.45) is 4.99 Å². The van der Waals surface area contributed by atoms with Crippen LogP contribution in [-0.2, 0) is 6.54 Å². The second kappa shape index (κ2) is 8.68. The number of benzene rings is 1. The van der Waals surface area contributed by atoms with Gasteiger partial charge < -0.3 is 10.6 Å². The summed E-state index contributed by atoms with van der Waals surface area (Å²) in [7, 11) is 1.71. The number of rotatable bonds is 3. The van der Waals surface area contributed by atoms with E-state index in [1.807, 2.05) is 19.9 Å². The summed E-state index contributed by atoms with van der Waals surface area (Å²) in [4.78, 5) is 4.08. The van der Waals surface area contributed by atoms with Gasteiger partial charge in [-0.1, -0.05) is 15.9 Å². The van der Waals surface area contributed by atoms with Crippen LogP contribution in [0.3, 0.4) is 0 Å². The van der Waals surface area contributed by atoms with Gasteiger partial charge >= 0.3 is 0 Å². The van der Waals surface area contributed by atoms with E-state index in [2.05, 4.69) is 31.6 Å². The average molecular weight is 430 g/mol. The number of hydrogen-bond acceptors (Lipinski definition) is 1. The van der Waals surface area contributed by atoms with Crippen LogP contribution in [0.5, 0.6) is 0 Å². The van der Waals surface area contributed by atoms with Crippen LogP contribution in [-0.4, -0.2) is 19.0 Å². The van der Waals surface area contributed by atoms with E-state index in [9.17, 15) is 4.39 Å². The van der Waals surface area contributed by atoms with Gasteiger partial charge in [-0.2, -0.15) is 0 Å². The first-order chi connectivity index (χ1) is 8.01. The maximum absolute atomic E-state index is 13.1. The number of nitrogens with one attached hydrogen (secondary N) is 2. The predicted octanol–water partition coefficient (Wildman–Crippen LogP) is 3.28. The van der Waals surface area contributed by atoms with Gasteiger partial charge in [-0.05, 0) is 37.6 Å². The maximum atomic E-state index is 13.1. The van der Waals surface area contributed by atoms with Crippen molar-refractivity contribution >= 4 is 45.9 Å². The Morgan fingerprint density at radius 3 is 2.56 bits per heavy atom. The second-order valence-electron chi connectivity index (χ2n) is 4.00. The van der Waals surface area contributed by atoms with Gasteiger partial charge in [0.1, 0.15) is 5.82 Å². The van der Waals surface area contributed by atoms with Crippen LogP contribution in [0.2, 0.25) is 0 Å². The summed E-state index contributed by atoms with van der Waals surface area (Å²) >= 11 is 3.26. The molecule has 18 heavy (non-hydrogen) atoms. The lowest BCUT2D eigenvalue weighted by Gasteiger charge is -2.14. The van der Waals surface area contributed by atoms with Crippen molar-refractivity contribution in [2.45, 2.75) is 26.4 Å². The van der Waals surface area contributed by atoms with Gasteiger partial charge in [0.2, 0.25) is 0 Å². The third-order valence-electron chi connectivity index (χ3n) is 2.03. The Morgan fingerprint density at radius 2 is 2.06 bits per heavy atom. The molecule has 6 heteroatoms. The van der Waals surface area contributed by atoms with E-state index in [4.69, 9.17) is 0 Å². The molecule has 102 valence electrons. The molecular formula is C12H18BrFIN3. The lowest BCUT2D eigenvalue weighted by Crippen LogP contribution is -2.40. The largest absolute Gasteiger partial charge is 0.354 e. The van der Waals surface area contributed by atoms with E-state index < -0.39 is 0 Å². The van der Waals surface area contributed by atoms with E-state index in [1.54, 1.807) is 7.05 Å². The average Bonchev–Trinajstić information content (AvgIpc) is 2.22. The zero-order chi connectivity index (χ0) is 12.8. The Hall–Kier alpha value is -0.370. The number of hydrogen-bond donors (Lipinski definition) is 2. The zero-order valence-corrected chi connectivity index (χ0v) is 14.5. The first-order valence-electron chi connectivity index (χ1n) is 5.43. The number of nitrogens with zero attached hydrogens (tertiary/aromatic N) is 1. The quantitative estimate of drug-likeness (QED) is 0.439. The van der Waals surface area contributed by atoms with Crippen molar-refractivity contribution in [1.29, 1.82) is 0 Å². The summed E-state index contributed by atoms with van der Waals surface area (Å²) < 4.78 is 13.9. The van der Waals surface area contributed by atoms with Gasteiger partial charge in [0.05, 0.1) is 0 Å². The molecule has 1 aromatic carbocycles. The highest BCUT2D eigenvalue weighted by molar-refractivity contribution is 14.0. The number of guanidine groups is 1. The van der Waals surface area contributed by atoms with Crippen LogP contribution < -0.4 is 10.6 Å². The lowest BCUT2D eigenvalue weighted by molar-refractivity contribution is 0.623. The van der Waals surface area contributed by atoms with Crippen LogP contribution in [0.25, 0.3) is 0 Å². The molecule has 0 amide bonds. The van der Waals surface area contributed by atoms with Crippen LogP contribution in [0.1, 0.15) is 19.4 Å². The fourth-order valence-electron chi connectivity index (χ4n) is 1.37. The van der Waals surface area contributed by atoms with Gasteiger partial charge in [0.15, 0.2) is 5.96 Å². The van der Waals surface area contributed by atoms with Crippen molar-refractivity contribution in [3.63, 3.8) is 0 Å². The third-order valence-corrected chi connectivity index (χ3v) is 2.49. The highest BCUT2D eigenvalue weighted by atomic mass is 127. The van der Waals surface area contributed by atoms with Crippen LogP contribution in [0, 0.1) is 5.82 Å². The Balaban J connectivity index is 0.00000289. The van der Waals surface area contributed by atoms with Gasteiger partial charge in [-0.3, -0.25) is 4.99 Å². The number of aliphatic imine (C=N–C) groups is 1. The molecule has 2 N–H and O–H groups in total. The molecule has 0 unspecified atom stereocenters. The first kappa shape index (κ1) is 17.6. The molecule has 0 atom stereocenters. The molecule has 0 fully saturated rings. The van der Waals surface area contributed by atoms with Gasteiger partial charge in [-0.25, -0.2) is 4.39 Å². The van der Waals surface area contributed by atoms with Crippen molar-refractivity contribution in [3.8, 4) is 0 Å². The summed E-state index contributed by atoms with van der Waals surface area (Å²) in [6, 6.07) is 5.12. The monoisotopic (exact) mass is 429 g/mol. The Morgan fingerprint density at radius 1 is 1.39 bits per heavy atom. The van der Waals surface area contributed by atoms with Crippen LogP contribution in [0.4, 0.5) is 4.39 Å². The minimum atomic E-state index is -0.247. The van der Waals surface area contributed by atoms with Crippen LogP contribution in [0.15, 0.2) is 27.7 Å². The van der Waals surface area contributed by atoms with Crippen molar-refractivity contribution in [3.05, 3.63) is 34.1 Å². The standard InChI is InChI=1S/C12H17BrFN3.HI/c1-8(2)17-12(15-3)16-7-9-4-10(13)6-11(14)5-9;/h4-6,8H,7H2,1-3H3,(H2,15,16,17);1H. The molecule has 0 heterocycles. The molecule has 0 saturated heterocycles. The van der Waals surface area contributed by atoms with Gasteiger partial charge in [-0.15, -0.1) is 24.0 Å². The van der Waals surface area contributed by atoms with Gasteiger partial charge in [0.25, 0.3) is 0 Å². The molecular weight excluding hydrogens is 412 g/mol. The smallest absolute Gasteiger partial charge is 0.191 e. The summed E-state index contributed by atoms with van der Waals surface area (Å²) in [5.74, 6) is 0.461. The van der Waals surface area contributed by atoms with Gasteiger partial charge in [0, 0.05) is 24.1 Å². The minimum Gasteiger partial charge on any atom is -0.354 e. The highest BCUT2D eigenvalue weighted by Gasteiger charge is 2.02. The summed E-state index contributed by atoms with van der Waals surface area (Å²) in [6.07, 6.45) is 0. The molecule has 0 radical (unpaired) electrons. The molecule has 1 aromatic rings. The Kier molecular flexibility index (Phi) is 8.51. The third kappa shape index (κ3) is 6.53. The number of halogens is 3. The maximum Gasteiger partial charge on any atom is 0.191 e. The SMILES string of the molecule is CN=C(NCc1cc(F)cc(Br)c1)NC(C)C.I. The van der Waals surface area contributed by atoms with Crippen LogP contribution >= 0.6 is 39.9 Å². The molecule has 0 aliphatic heterocycles. The van der Waals surface area contributed by atoms with E-state index in [-0.39, 0.29) is 29.8 Å². The Labute approximate surface area is 133 Å². The molecule has 0 aromatic heterocycles. The summed E-state index contributed by atoms with van der Waals surface area (Å²) in [6.45, 7) is 4.60. The molecule has 3 nitrogen and oxygen atoms in total. The zero-order valence-electron chi connectivity index (χ0n) is 10.6. The summed E-state index contributed by atoms with van der Waals surface area (Å²) in [5.41, 5.74) is 0.864. The predicted molar refractivity (Wildman–Crippen MR) is 88.0 cm³/mol. The fourth-order valence-corrected chi connectivity index (χ4v) is 1.88. The van der Waals surface area contributed by atoms with Crippen molar-refractivity contribution in [2.75, 3.05) is 7.05 Å². The van der Waals surface area contributed by atoms with E-state index in [1.165, 1.54) is 12.1 Å². The highest BCUT2D eigenvalue weighted by Crippen LogP contribution is 2.14. The summed E-state index contributed by atoms with van der Waals surface area (Å²) in [5, 5.41) is 6.29. The van der Waals surface area contributed by atoms with E-state index in [0.717, 1.165) is 10.0 Å². The first-order valence-corrected chi connectivity index (χ1v) is 6.22. The fraction of sp³-hybridized carbons (Fsp3) is 0.417. The molecule has 0 saturated carbocycles. The molecule has 0 spiro atoms. The lowest BCUT2D eigenvalue weighted by atomic mass is 10.2. The normalized spacial score (nSPS) is 11.1. The molecule has 0 aliphatic carbocycles. The second-order valence-corrected chi connectivity index (χ2v) is 4.92. The molecule has 1 rings (SSSR count). The molecule has 0 bridgehead atoms. The van der Waals surface area contributed by atoms with E-state index in [0.29, 0.717) is 18.5 Å².